The predicted molar refractivity (Wildman–Crippen MR) is 74.5 cm³/mol. The number of ether oxygens (including phenoxy) is 1. The summed E-state index contributed by atoms with van der Waals surface area (Å²) in [6, 6.07) is -0.113. The summed E-state index contributed by atoms with van der Waals surface area (Å²) in [6.07, 6.45) is -0.425. The van der Waals surface area contributed by atoms with Gasteiger partial charge in [0.25, 0.3) is 0 Å². The highest BCUT2D eigenvalue weighted by Gasteiger charge is 2.21. The third kappa shape index (κ3) is 8.08. The van der Waals surface area contributed by atoms with E-state index in [1.54, 1.807) is 0 Å². The van der Waals surface area contributed by atoms with Gasteiger partial charge in [-0.25, -0.2) is 4.79 Å². The Hall–Kier alpha value is -1.07. The molecule has 0 aromatic heterocycles. The third-order valence-electron chi connectivity index (χ3n) is 2.27. The zero-order chi connectivity index (χ0) is 14.3. The van der Waals surface area contributed by atoms with E-state index in [1.807, 2.05) is 34.6 Å². The summed E-state index contributed by atoms with van der Waals surface area (Å²) in [5, 5.41) is 6.02. The first-order valence-corrected chi connectivity index (χ1v) is 6.23. The van der Waals surface area contributed by atoms with Crippen LogP contribution in [-0.4, -0.2) is 36.9 Å². The number of carbonyl (C=O) groups excluding carboxylic acids is 1. The molecule has 0 rings (SSSR count). The number of hydrogen-bond acceptors (Lipinski definition) is 4. The van der Waals surface area contributed by atoms with Crippen LogP contribution < -0.4 is 16.4 Å². The van der Waals surface area contributed by atoms with Crippen LogP contribution in [0.3, 0.4) is 0 Å². The largest absolute Gasteiger partial charge is 0.444 e. The molecule has 0 saturated heterocycles. The van der Waals surface area contributed by atoms with Gasteiger partial charge in [0.2, 0.25) is 0 Å². The van der Waals surface area contributed by atoms with E-state index in [9.17, 15) is 4.79 Å². The number of nitrogens with two attached hydrogens (primary N) is 1. The summed E-state index contributed by atoms with van der Waals surface area (Å²) in [7, 11) is 0. The number of nitrogens with one attached hydrogen (secondary N) is 2. The Bertz CT molecular complexity index is 284. The van der Waals surface area contributed by atoms with Gasteiger partial charge in [0, 0.05) is 25.2 Å². The lowest BCUT2D eigenvalue weighted by Gasteiger charge is -2.27. The van der Waals surface area contributed by atoms with E-state index in [0.717, 1.165) is 5.57 Å². The molecule has 2 unspecified atom stereocenters. The van der Waals surface area contributed by atoms with Crippen LogP contribution in [0.25, 0.3) is 0 Å². The van der Waals surface area contributed by atoms with Gasteiger partial charge in [-0.2, -0.15) is 0 Å². The fraction of sp³-hybridized carbons (Fsp3) is 0.769. The van der Waals surface area contributed by atoms with Crippen molar-refractivity contribution in [2.75, 3.05) is 13.1 Å². The lowest BCUT2D eigenvalue weighted by Crippen LogP contribution is -2.53. The summed E-state index contributed by atoms with van der Waals surface area (Å²) in [5.74, 6) is 0. The topological polar surface area (TPSA) is 76.4 Å². The molecule has 0 saturated carbocycles. The van der Waals surface area contributed by atoms with Gasteiger partial charge in [0.15, 0.2) is 0 Å². The summed E-state index contributed by atoms with van der Waals surface area (Å²) >= 11 is 0. The quantitative estimate of drug-likeness (QED) is 0.629. The van der Waals surface area contributed by atoms with Gasteiger partial charge in [-0.3, -0.25) is 0 Å². The van der Waals surface area contributed by atoms with Crippen LogP contribution in [0, 0.1) is 0 Å². The van der Waals surface area contributed by atoms with Gasteiger partial charge >= 0.3 is 6.09 Å². The van der Waals surface area contributed by atoms with E-state index >= 15 is 0 Å². The minimum Gasteiger partial charge on any atom is -0.444 e. The average molecular weight is 257 g/mol. The van der Waals surface area contributed by atoms with Crippen molar-refractivity contribution in [2.24, 2.45) is 5.73 Å². The molecule has 0 aromatic carbocycles. The molecule has 0 aromatic rings. The minimum atomic E-state index is -0.493. The Kier molecular flexibility index (Phi) is 6.94. The van der Waals surface area contributed by atoms with E-state index in [1.165, 1.54) is 0 Å². The number of hydrogen-bond donors (Lipinski definition) is 3. The molecule has 5 heteroatoms. The molecule has 1 amide bonds. The second-order valence-corrected chi connectivity index (χ2v) is 5.62. The van der Waals surface area contributed by atoms with Crippen molar-refractivity contribution < 1.29 is 9.53 Å². The summed E-state index contributed by atoms with van der Waals surface area (Å²) < 4.78 is 5.19. The molecule has 0 radical (unpaired) electrons. The highest BCUT2D eigenvalue weighted by molar-refractivity contribution is 5.68. The van der Waals surface area contributed by atoms with Crippen molar-refractivity contribution in [2.45, 2.75) is 52.3 Å². The van der Waals surface area contributed by atoms with Crippen LogP contribution in [0.1, 0.15) is 34.6 Å². The normalized spacial score (nSPS) is 14.8. The molecule has 5 nitrogen and oxygen atoms in total. The first-order valence-electron chi connectivity index (χ1n) is 6.23. The second-order valence-electron chi connectivity index (χ2n) is 5.62. The van der Waals surface area contributed by atoms with Crippen LogP contribution in [0.15, 0.2) is 12.2 Å². The Morgan fingerprint density at radius 1 is 1.44 bits per heavy atom. The van der Waals surface area contributed by atoms with Crippen LogP contribution in [0.2, 0.25) is 0 Å². The van der Waals surface area contributed by atoms with E-state index in [0.29, 0.717) is 13.1 Å². The van der Waals surface area contributed by atoms with E-state index in [2.05, 4.69) is 17.2 Å². The monoisotopic (exact) mass is 257 g/mol. The molecule has 0 heterocycles. The van der Waals surface area contributed by atoms with Crippen molar-refractivity contribution in [3.05, 3.63) is 12.2 Å². The van der Waals surface area contributed by atoms with Crippen LogP contribution in [-0.2, 0) is 4.74 Å². The predicted octanol–water partition coefficient (Wildman–Crippen LogP) is 1.39. The first-order chi connectivity index (χ1) is 8.15. The van der Waals surface area contributed by atoms with Crippen LogP contribution in [0.5, 0.6) is 0 Å². The molecule has 2 atom stereocenters. The van der Waals surface area contributed by atoms with Crippen molar-refractivity contribution in [3.63, 3.8) is 0 Å². The maximum Gasteiger partial charge on any atom is 0.407 e. The Balaban J connectivity index is 4.22. The molecule has 106 valence electrons. The van der Waals surface area contributed by atoms with Crippen LogP contribution in [0.4, 0.5) is 4.79 Å². The minimum absolute atomic E-state index is 0.00535. The Morgan fingerprint density at radius 2 is 2.00 bits per heavy atom. The highest BCUT2D eigenvalue weighted by atomic mass is 16.6. The lowest BCUT2D eigenvalue weighted by molar-refractivity contribution is 0.0499. The van der Waals surface area contributed by atoms with Crippen LogP contribution >= 0.6 is 0 Å². The van der Waals surface area contributed by atoms with Crippen molar-refractivity contribution in [1.29, 1.82) is 0 Å². The maximum atomic E-state index is 11.6. The molecule has 0 fully saturated rings. The third-order valence-corrected chi connectivity index (χ3v) is 2.27. The van der Waals surface area contributed by atoms with Gasteiger partial charge in [-0.1, -0.05) is 12.2 Å². The number of alkyl carbamates (subject to hydrolysis) is 1. The van der Waals surface area contributed by atoms with Crippen molar-refractivity contribution in [1.82, 2.24) is 10.6 Å². The lowest BCUT2D eigenvalue weighted by atomic mass is 10.1. The maximum absolute atomic E-state index is 11.6. The van der Waals surface area contributed by atoms with Crippen molar-refractivity contribution >= 4 is 6.09 Å². The first kappa shape index (κ1) is 16.9. The summed E-state index contributed by atoms with van der Waals surface area (Å²) in [5.41, 5.74) is 6.21. The van der Waals surface area contributed by atoms with Gasteiger partial charge < -0.3 is 21.1 Å². The second kappa shape index (κ2) is 7.38. The highest BCUT2D eigenvalue weighted by Crippen LogP contribution is 2.07. The molecule has 0 aliphatic carbocycles. The molecular weight excluding hydrogens is 230 g/mol. The Morgan fingerprint density at radius 3 is 2.39 bits per heavy atom. The summed E-state index contributed by atoms with van der Waals surface area (Å²) in [4.78, 5) is 11.6. The Labute approximate surface area is 110 Å². The molecule has 0 aliphatic rings. The van der Waals surface area contributed by atoms with Gasteiger partial charge in [0.05, 0.1) is 0 Å². The fourth-order valence-electron chi connectivity index (χ4n) is 1.36. The molecule has 18 heavy (non-hydrogen) atoms. The SMILES string of the molecule is C=C(C)CNC(CN)C(C)NC(=O)OC(C)(C)C. The van der Waals surface area contributed by atoms with Crippen molar-refractivity contribution in [3.8, 4) is 0 Å². The molecule has 4 N–H and O–H groups in total. The molecular formula is C13H27N3O2. The number of carbonyl (C=O) groups is 1. The smallest absolute Gasteiger partial charge is 0.407 e. The number of amides is 1. The van der Waals surface area contributed by atoms with E-state index < -0.39 is 11.7 Å². The zero-order valence-corrected chi connectivity index (χ0v) is 12.2. The van der Waals surface area contributed by atoms with Gasteiger partial charge in [0.1, 0.15) is 5.60 Å². The van der Waals surface area contributed by atoms with Gasteiger partial charge in [-0.15, -0.1) is 0 Å². The summed E-state index contributed by atoms with van der Waals surface area (Å²) in [6.45, 7) is 14.3. The number of rotatable bonds is 6. The standard InChI is InChI=1S/C13H27N3O2/c1-9(2)8-15-11(7-14)10(3)16-12(17)18-13(4,5)6/h10-11,15H,1,7-8,14H2,2-6H3,(H,16,17). The molecule has 0 aliphatic heterocycles. The van der Waals surface area contributed by atoms with E-state index in [4.69, 9.17) is 10.5 Å². The fourth-order valence-corrected chi connectivity index (χ4v) is 1.36. The zero-order valence-electron chi connectivity index (χ0n) is 12.2. The molecule has 0 spiro atoms. The average Bonchev–Trinajstić information content (AvgIpc) is 2.14. The molecule has 0 bridgehead atoms. The van der Waals surface area contributed by atoms with E-state index in [-0.39, 0.29) is 12.1 Å². The van der Waals surface area contributed by atoms with Gasteiger partial charge in [-0.05, 0) is 34.6 Å².